The first-order valence-electron chi connectivity index (χ1n) is 12.9. The standard InChI is InChI=1S/C31H35ClN2O/c1-23-7-9-25(10-8-23)29(26-11-13-27(32)14-12-26)30(35)33-19-4-20-34-21-17-31(18-22-34)16-15-24-5-2-3-6-28(24)31/h2-3,5-14,29H,4,15-22H2,1H3,(H,33,35). The van der Waals surface area contributed by atoms with Gasteiger partial charge in [0.05, 0.1) is 5.92 Å². The van der Waals surface area contributed by atoms with Gasteiger partial charge >= 0.3 is 0 Å². The van der Waals surface area contributed by atoms with Crippen molar-refractivity contribution < 1.29 is 4.79 Å². The van der Waals surface area contributed by atoms with Crippen molar-refractivity contribution in [1.82, 2.24) is 10.2 Å². The first-order valence-corrected chi connectivity index (χ1v) is 13.3. The molecule has 1 fully saturated rings. The average molecular weight is 487 g/mol. The van der Waals surface area contributed by atoms with Gasteiger partial charge in [0.2, 0.25) is 5.91 Å². The summed E-state index contributed by atoms with van der Waals surface area (Å²) in [7, 11) is 0. The second kappa shape index (κ2) is 10.6. The third-order valence-corrected chi connectivity index (χ3v) is 8.35. The van der Waals surface area contributed by atoms with Crippen LogP contribution in [0.15, 0.2) is 72.8 Å². The van der Waals surface area contributed by atoms with Crippen LogP contribution in [-0.2, 0) is 16.6 Å². The van der Waals surface area contributed by atoms with E-state index in [0.717, 1.165) is 37.2 Å². The number of amides is 1. The summed E-state index contributed by atoms with van der Waals surface area (Å²) in [5.74, 6) is -0.276. The number of piperidine rings is 1. The van der Waals surface area contributed by atoms with E-state index < -0.39 is 0 Å². The topological polar surface area (TPSA) is 32.3 Å². The Morgan fingerprint density at radius 3 is 2.31 bits per heavy atom. The molecule has 0 saturated carbocycles. The van der Waals surface area contributed by atoms with Gasteiger partial charge in [0, 0.05) is 11.6 Å². The normalized spacial score (nSPS) is 17.8. The van der Waals surface area contributed by atoms with Gasteiger partial charge in [-0.1, -0.05) is 77.8 Å². The molecule has 0 radical (unpaired) electrons. The third-order valence-electron chi connectivity index (χ3n) is 8.10. The summed E-state index contributed by atoms with van der Waals surface area (Å²) in [6.45, 7) is 6.10. The van der Waals surface area contributed by atoms with Gasteiger partial charge in [-0.05, 0) is 98.5 Å². The van der Waals surface area contributed by atoms with Crippen molar-refractivity contribution in [3.63, 3.8) is 0 Å². The van der Waals surface area contributed by atoms with Crippen molar-refractivity contribution in [2.45, 2.75) is 50.4 Å². The van der Waals surface area contributed by atoms with Crippen LogP contribution in [0.5, 0.6) is 0 Å². The molecule has 0 aromatic heterocycles. The zero-order valence-corrected chi connectivity index (χ0v) is 21.4. The molecule has 3 aromatic carbocycles. The molecule has 1 N–H and O–H groups in total. The van der Waals surface area contributed by atoms with E-state index in [1.165, 1.54) is 31.2 Å². The molecule has 1 atom stereocenters. The van der Waals surface area contributed by atoms with E-state index in [-0.39, 0.29) is 11.8 Å². The van der Waals surface area contributed by atoms with Crippen LogP contribution in [0.2, 0.25) is 5.02 Å². The summed E-state index contributed by atoms with van der Waals surface area (Å²) in [5, 5.41) is 3.89. The Bertz CT molecular complexity index is 1100. The van der Waals surface area contributed by atoms with E-state index in [1.807, 2.05) is 24.3 Å². The van der Waals surface area contributed by atoms with Crippen LogP contribution in [0, 0.1) is 6.92 Å². The lowest BCUT2D eigenvalue weighted by Gasteiger charge is -2.40. The van der Waals surface area contributed by atoms with Crippen LogP contribution in [-0.4, -0.2) is 37.0 Å². The van der Waals surface area contributed by atoms with Crippen LogP contribution in [0.1, 0.15) is 59.4 Å². The molecule has 1 spiro atoms. The van der Waals surface area contributed by atoms with Gasteiger partial charge in [0.15, 0.2) is 0 Å². The summed E-state index contributed by atoms with van der Waals surface area (Å²) in [4.78, 5) is 15.9. The zero-order chi connectivity index (χ0) is 24.3. The Labute approximate surface area is 214 Å². The molecule has 5 rings (SSSR count). The molecule has 182 valence electrons. The monoisotopic (exact) mass is 486 g/mol. The minimum atomic E-state index is -0.329. The van der Waals surface area contributed by atoms with E-state index in [9.17, 15) is 4.79 Å². The van der Waals surface area contributed by atoms with Crippen molar-refractivity contribution in [3.8, 4) is 0 Å². The summed E-state index contributed by atoms with van der Waals surface area (Å²) in [5.41, 5.74) is 6.74. The Morgan fingerprint density at radius 1 is 0.943 bits per heavy atom. The van der Waals surface area contributed by atoms with Gasteiger partial charge in [-0.15, -0.1) is 0 Å². The number of fused-ring (bicyclic) bond motifs is 2. The van der Waals surface area contributed by atoms with Gasteiger partial charge in [-0.25, -0.2) is 0 Å². The number of carbonyl (C=O) groups is 1. The van der Waals surface area contributed by atoms with Crippen LogP contribution in [0.25, 0.3) is 0 Å². The lowest BCUT2D eigenvalue weighted by molar-refractivity contribution is -0.121. The summed E-state index contributed by atoms with van der Waals surface area (Å²) < 4.78 is 0. The number of nitrogens with one attached hydrogen (secondary N) is 1. The minimum absolute atomic E-state index is 0.0522. The molecule has 1 saturated heterocycles. The maximum Gasteiger partial charge on any atom is 0.232 e. The van der Waals surface area contributed by atoms with E-state index in [4.69, 9.17) is 11.6 Å². The molecule has 1 amide bonds. The predicted molar refractivity (Wildman–Crippen MR) is 144 cm³/mol. The van der Waals surface area contributed by atoms with Crippen molar-refractivity contribution in [2.24, 2.45) is 0 Å². The van der Waals surface area contributed by atoms with E-state index in [1.54, 1.807) is 11.1 Å². The Balaban J connectivity index is 1.14. The van der Waals surface area contributed by atoms with Crippen molar-refractivity contribution in [1.29, 1.82) is 0 Å². The fourth-order valence-corrected chi connectivity index (χ4v) is 6.14. The van der Waals surface area contributed by atoms with Crippen LogP contribution in [0.4, 0.5) is 0 Å². The van der Waals surface area contributed by atoms with Gasteiger partial charge in [0.25, 0.3) is 0 Å². The Hall–Kier alpha value is -2.62. The van der Waals surface area contributed by atoms with Crippen molar-refractivity contribution in [2.75, 3.05) is 26.2 Å². The van der Waals surface area contributed by atoms with Crippen molar-refractivity contribution >= 4 is 17.5 Å². The smallest absolute Gasteiger partial charge is 0.232 e. The Morgan fingerprint density at radius 2 is 1.60 bits per heavy atom. The quantitative estimate of drug-likeness (QED) is 0.399. The minimum Gasteiger partial charge on any atom is -0.355 e. The molecule has 3 nitrogen and oxygen atoms in total. The molecule has 1 heterocycles. The first-order chi connectivity index (χ1) is 17.0. The van der Waals surface area contributed by atoms with Crippen LogP contribution >= 0.6 is 11.6 Å². The number of likely N-dealkylation sites (tertiary alicyclic amines) is 1. The average Bonchev–Trinajstić information content (AvgIpc) is 3.24. The number of hydrogen-bond acceptors (Lipinski definition) is 2. The van der Waals surface area contributed by atoms with Gasteiger partial charge < -0.3 is 10.2 Å². The lowest BCUT2D eigenvalue weighted by atomic mass is 9.74. The van der Waals surface area contributed by atoms with E-state index >= 15 is 0 Å². The fourth-order valence-electron chi connectivity index (χ4n) is 6.01. The lowest BCUT2D eigenvalue weighted by Crippen LogP contribution is -2.42. The summed E-state index contributed by atoms with van der Waals surface area (Å²) in [6.07, 6.45) is 6.01. The SMILES string of the molecule is Cc1ccc(C(C(=O)NCCCN2CCC3(CCc4ccccc43)CC2)c2ccc(Cl)cc2)cc1. The highest BCUT2D eigenvalue weighted by Crippen LogP contribution is 2.46. The van der Waals surface area contributed by atoms with E-state index in [2.05, 4.69) is 65.7 Å². The third kappa shape index (κ3) is 5.32. The number of rotatable bonds is 7. The molecule has 1 aliphatic heterocycles. The first kappa shape index (κ1) is 24.1. The zero-order valence-electron chi connectivity index (χ0n) is 20.6. The van der Waals surface area contributed by atoms with Gasteiger partial charge in [-0.2, -0.15) is 0 Å². The number of carbonyl (C=O) groups excluding carboxylic acids is 1. The molecular formula is C31H35ClN2O. The highest BCUT2D eigenvalue weighted by atomic mass is 35.5. The predicted octanol–water partition coefficient (Wildman–Crippen LogP) is 6.27. The molecule has 3 aromatic rings. The van der Waals surface area contributed by atoms with Crippen molar-refractivity contribution in [3.05, 3.63) is 106 Å². The molecule has 0 bridgehead atoms. The highest BCUT2D eigenvalue weighted by Gasteiger charge is 2.40. The molecule has 1 unspecified atom stereocenters. The number of halogens is 1. The van der Waals surface area contributed by atoms with Gasteiger partial charge in [-0.3, -0.25) is 4.79 Å². The maximum atomic E-state index is 13.3. The maximum absolute atomic E-state index is 13.3. The highest BCUT2D eigenvalue weighted by molar-refractivity contribution is 6.30. The largest absolute Gasteiger partial charge is 0.355 e. The number of benzene rings is 3. The van der Waals surface area contributed by atoms with Gasteiger partial charge in [0.1, 0.15) is 0 Å². The second-order valence-corrected chi connectivity index (χ2v) is 10.8. The Kier molecular flexibility index (Phi) is 7.27. The number of aryl methyl sites for hydroxylation is 2. The molecule has 1 aliphatic carbocycles. The number of hydrogen-bond donors (Lipinski definition) is 1. The molecule has 2 aliphatic rings. The van der Waals surface area contributed by atoms with Crippen LogP contribution in [0.3, 0.4) is 0 Å². The van der Waals surface area contributed by atoms with E-state index in [0.29, 0.717) is 17.0 Å². The second-order valence-electron chi connectivity index (χ2n) is 10.3. The number of nitrogens with zero attached hydrogens (tertiary/aromatic N) is 1. The van der Waals surface area contributed by atoms with Crippen LogP contribution < -0.4 is 5.32 Å². The fraction of sp³-hybridized carbons (Fsp3) is 0.387. The summed E-state index contributed by atoms with van der Waals surface area (Å²) >= 11 is 6.10. The molecular weight excluding hydrogens is 452 g/mol. The summed E-state index contributed by atoms with van der Waals surface area (Å²) in [6, 6.07) is 24.9. The molecule has 35 heavy (non-hydrogen) atoms. The molecule has 4 heteroatoms.